The van der Waals surface area contributed by atoms with E-state index in [1.165, 1.54) is 83.5 Å². The molecule has 24 heavy (non-hydrogen) atoms. The number of aliphatic hydroxyl groups is 2. The Hall–Kier alpha value is -0.120. The number of hydrogen-bond acceptors (Lipinski definition) is 3. The first-order valence-electron chi connectivity index (χ1n) is 10.7. The van der Waals surface area contributed by atoms with Crippen molar-refractivity contribution in [3.8, 4) is 0 Å². The van der Waals surface area contributed by atoms with Crippen molar-refractivity contribution >= 4 is 0 Å². The predicted octanol–water partition coefficient (Wildman–Crippen LogP) is 5.37. The highest BCUT2D eigenvalue weighted by molar-refractivity contribution is 4.81. The summed E-state index contributed by atoms with van der Waals surface area (Å²) in [6.45, 7) is 2.86. The van der Waals surface area contributed by atoms with Gasteiger partial charge in [-0.05, 0) is 12.8 Å². The average molecular weight is 343 g/mol. The molecule has 0 spiro atoms. The maximum atomic E-state index is 10.0. The van der Waals surface area contributed by atoms with E-state index in [1.807, 2.05) is 0 Å². The summed E-state index contributed by atoms with van der Waals surface area (Å²) in [5.74, 6) is 0. The molecule has 3 heteroatoms. The second-order valence-corrected chi connectivity index (χ2v) is 7.64. The molecule has 0 aromatic carbocycles. The summed E-state index contributed by atoms with van der Waals surface area (Å²) in [5, 5.41) is 19.7. The maximum absolute atomic E-state index is 10.0. The second-order valence-electron chi connectivity index (χ2n) is 7.64. The third kappa shape index (κ3) is 10.7. The van der Waals surface area contributed by atoms with E-state index in [0.717, 1.165) is 12.8 Å². The average Bonchev–Trinajstić information content (AvgIpc) is 3.01. The fourth-order valence-electron chi connectivity index (χ4n) is 3.68. The summed E-state index contributed by atoms with van der Waals surface area (Å²) in [6, 6.07) is 0. The summed E-state index contributed by atoms with van der Waals surface area (Å²) in [6.07, 6.45) is 19.0. The molecule has 0 radical (unpaired) electrons. The minimum absolute atomic E-state index is 0.341. The Balaban J connectivity index is 1.76. The van der Waals surface area contributed by atoms with Crippen molar-refractivity contribution in [1.82, 2.24) is 0 Å². The minimum atomic E-state index is -0.486. The third-order valence-electron chi connectivity index (χ3n) is 5.34. The highest BCUT2D eigenvalue weighted by atomic mass is 16.5. The quantitative estimate of drug-likeness (QED) is 0.371. The molecule has 1 saturated heterocycles. The van der Waals surface area contributed by atoms with Crippen LogP contribution in [0, 0.1) is 0 Å². The first-order chi connectivity index (χ1) is 11.8. The zero-order valence-electron chi connectivity index (χ0n) is 16.1. The normalized spacial score (nSPS) is 22.1. The standard InChI is InChI=1S/C21H42O3/c1-2-3-4-5-6-7-8-9-10-11-12-13-14-15-16-19(22)21-20(23)17-18-24-21/h19-23H,2-18H2,1H3/t19?,20-,21+/m0/s1. The van der Waals surface area contributed by atoms with Crippen LogP contribution in [0.1, 0.15) is 110 Å². The SMILES string of the molecule is CCCCCCCCCCCCCCCCC(O)[C@H]1OCC[C@@H]1O. The van der Waals surface area contributed by atoms with Crippen molar-refractivity contribution in [3.05, 3.63) is 0 Å². The van der Waals surface area contributed by atoms with Crippen LogP contribution in [0.3, 0.4) is 0 Å². The van der Waals surface area contributed by atoms with Crippen LogP contribution in [0.25, 0.3) is 0 Å². The lowest BCUT2D eigenvalue weighted by Crippen LogP contribution is -2.34. The van der Waals surface area contributed by atoms with Gasteiger partial charge in [0.2, 0.25) is 0 Å². The lowest BCUT2D eigenvalue weighted by atomic mass is 10.0. The van der Waals surface area contributed by atoms with E-state index in [9.17, 15) is 10.2 Å². The van der Waals surface area contributed by atoms with Gasteiger partial charge < -0.3 is 14.9 Å². The molecule has 1 aliphatic rings. The van der Waals surface area contributed by atoms with Gasteiger partial charge in [-0.15, -0.1) is 0 Å². The summed E-state index contributed by atoms with van der Waals surface area (Å²) in [7, 11) is 0. The van der Waals surface area contributed by atoms with Crippen LogP contribution >= 0.6 is 0 Å². The van der Waals surface area contributed by atoms with Crippen LogP contribution < -0.4 is 0 Å². The lowest BCUT2D eigenvalue weighted by molar-refractivity contribution is -0.0488. The van der Waals surface area contributed by atoms with Crippen LogP contribution in [-0.2, 0) is 4.74 Å². The topological polar surface area (TPSA) is 49.7 Å². The molecule has 0 aromatic rings. The molecule has 1 heterocycles. The van der Waals surface area contributed by atoms with Crippen molar-refractivity contribution in [2.24, 2.45) is 0 Å². The summed E-state index contributed by atoms with van der Waals surface area (Å²) >= 11 is 0. The van der Waals surface area contributed by atoms with Crippen molar-refractivity contribution < 1.29 is 14.9 Å². The fourth-order valence-corrected chi connectivity index (χ4v) is 3.68. The molecule has 1 fully saturated rings. The van der Waals surface area contributed by atoms with Gasteiger partial charge in [-0.25, -0.2) is 0 Å². The van der Waals surface area contributed by atoms with Crippen molar-refractivity contribution in [2.75, 3.05) is 6.61 Å². The van der Waals surface area contributed by atoms with Crippen LogP contribution in [0.2, 0.25) is 0 Å². The van der Waals surface area contributed by atoms with Crippen LogP contribution in [-0.4, -0.2) is 35.1 Å². The summed E-state index contributed by atoms with van der Waals surface area (Å²) in [5.41, 5.74) is 0. The Morgan fingerprint density at radius 3 is 1.67 bits per heavy atom. The molecule has 1 rings (SSSR count). The molecule has 144 valence electrons. The zero-order valence-corrected chi connectivity index (χ0v) is 16.1. The Morgan fingerprint density at radius 2 is 1.25 bits per heavy atom. The first-order valence-corrected chi connectivity index (χ1v) is 10.7. The van der Waals surface area contributed by atoms with E-state index in [-0.39, 0.29) is 6.10 Å². The molecule has 1 aliphatic heterocycles. The highest BCUT2D eigenvalue weighted by Crippen LogP contribution is 2.20. The third-order valence-corrected chi connectivity index (χ3v) is 5.34. The van der Waals surface area contributed by atoms with Crippen LogP contribution in [0.4, 0.5) is 0 Å². The Labute approximate surface area is 150 Å². The molecule has 0 aromatic heterocycles. The van der Waals surface area contributed by atoms with Gasteiger partial charge in [0.1, 0.15) is 6.10 Å². The van der Waals surface area contributed by atoms with E-state index in [4.69, 9.17) is 4.74 Å². The van der Waals surface area contributed by atoms with E-state index in [2.05, 4.69) is 6.92 Å². The summed E-state index contributed by atoms with van der Waals surface area (Å²) in [4.78, 5) is 0. The van der Waals surface area contributed by atoms with E-state index in [1.54, 1.807) is 0 Å². The van der Waals surface area contributed by atoms with Crippen LogP contribution in [0.15, 0.2) is 0 Å². The van der Waals surface area contributed by atoms with E-state index >= 15 is 0 Å². The van der Waals surface area contributed by atoms with Gasteiger partial charge in [-0.1, -0.05) is 96.8 Å². The molecule has 1 unspecified atom stereocenters. The smallest absolute Gasteiger partial charge is 0.109 e. The Kier molecular flexibility index (Phi) is 13.8. The van der Waals surface area contributed by atoms with Gasteiger partial charge in [0.25, 0.3) is 0 Å². The van der Waals surface area contributed by atoms with Crippen LogP contribution in [0.5, 0.6) is 0 Å². The highest BCUT2D eigenvalue weighted by Gasteiger charge is 2.31. The molecule has 0 amide bonds. The molecule has 0 saturated carbocycles. The van der Waals surface area contributed by atoms with Gasteiger partial charge in [0.05, 0.1) is 12.2 Å². The number of unbranched alkanes of at least 4 members (excludes halogenated alkanes) is 13. The predicted molar refractivity (Wildman–Crippen MR) is 101 cm³/mol. The van der Waals surface area contributed by atoms with Crippen molar-refractivity contribution in [3.63, 3.8) is 0 Å². The number of hydrogen-bond donors (Lipinski definition) is 2. The largest absolute Gasteiger partial charge is 0.390 e. The fraction of sp³-hybridized carbons (Fsp3) is 1.00. The molecular formula is C21H42O3. The molecule has 3 atom stereocenters. The molecule has 2 N–H and O–H groups in total. The molecule has 3 nitrogen and oxygen atoms in total. The number of ether oxygens (including phenoxy) is 1. The molecule has 0 aliphatic carbocycles. The molecular weight excluding hydrogens is 300 g/mol. The summed E-state index contributed by atoms with van der Waals surface area (Å²) < 4.78 is 5.40. The molecule has 0 bridgehead atoms. The van der Waals surface area contributed by atoms with E-state index < -0.39 is 12.2 Å². The van der Waals surface area contributed by atoms with Gasteiger partial charge in [0.15, 0.2) is 0 Å². The van der Waals surface area contributed by atoms with E-state index in [0.29, 0.717) is 13.0 Å². The Bertz CT molecular complexity index is 270. The zero-order chi connectivity index (χ0) is 17.5. The maximum Gasteiger partial charge on any atom is 0.109 e. The second kappa shape index (κ2) is 15.2. The van der Waals surface area contributed by atoms with Gasteiger partial charge in [0, 0.05) is 6.61 Å². The van der Waals surface area contributed by atoms with Gasteiger partial charge in [-0.2, -0.15) is 0 Å². The van der Waals surface area contributed by atoms with Crippen molar-refractivity contribution in [2.45, 2.75) is 128 Å². The number of aliphatic hydroxyl groups excluding tert-OH is 2. The monoisotopic (exact) mass is 342 g/mol. The van der Waals surface area contributed by atoms with Gasteiger partial charge in [-0.3, -0.25) is 0 Å². The lowest BCUT2D eigenvalue weighted by Gasteiger charge is -2.20. The van der Waals surface area contributed by atoms with Crippen molar-refractivity contribution in [1.29, 1.82) is 0 Å². The first kappa shape index (κ1) is 21.9. The van der Waals surface area contributed by atoms with Gasteiger partial charge >= 0.3 is 0 Å². The number of rotatable bonds is 16. The Morgan fingerprint density at radius 1 is 0.792 bits per heavy atom. The minimum Gasteiger partial charge on any atom is -0.390 e.